The molecule has 0 unspecified atom stereocenters. The molecule has 0 saturated carbocycles. The first kappa shape index (κ1) is 24.1. The van der Waals surface area contributed by atoms with E-state index in [9.17, 15) is 22.0 Å². The van der Waals surface area contributed by atoms with E-state index >= 15 is 0 Å². The SMILES string of the molecule is C[C@@H](C(=O)NCc1ccccc1CN1CCCCC1)N(c1ccc(F)c(F)c1)S(C)(=O)=O. The fourth-order valence-corrected chi connectivity index (χ4v) is 5.17. The van der Waals surface area contributed by atoms with Gasteiger partial charge in [0.05, 0.1) is 11.9 Å². The molecule has 3 rings (SSSR count). The molecular formula is C23H29F2N3O3S. The van der Waals surface area contributed by atoms with Crippen molar-refractivity contribution in [1.82, 2.24) is 10.2 Å². The number of carbonyl (C=O) groups is 1. The lowest BCUT2D eigenvalue weighted by atomic mass is 10.0. The number of benzene rings is 2. The monoisotopic (exact) mass is 465 g/mol. The molecular weight excluding hydrogens is 436 g/mol. The smallest absolute Gasteiger partial charge is 0.243 e. The molecule has 1 amide bonds. The third kappa shape index (κ3) is 6.04. The van der Waals surface area contributed by atoms with Crippen molar-refractivity contribution < 1.29 is 22.0 Å². The molecule has 0 aliphatic carbocycles. The summed E-state index contributed by atoms with van der Waals surface area (Å²) in [7, 11) is -3.93. The van der Waals surface area contributed by atoms with Crippen molar-refractivity contribution >= 4 is 21.6 Å². The predicted molar refractivity (Wildman–Crippen MR) is 121 cm³/mol. The highest BCUT2D eigenvalue weighted by Crippen LogP contribution is 2.23. The maximum Gasteiger partial charge on any atom is 0.243 e. The van der Waals surface area contributed by atoms with Crippen LogP contribution in [0.1, 0.15) is 37.3 Å². The maximum atomic E-state index is 13.7. The van der Waals surface area contributed by atoms with Crippen LogP contribution in [0.3, 0.4) is 0 Å². The lowest BCUT2D eigenvalue weighted by molar-refractivity contribution is -0.122. The van der Waals surface area contributed by atoms with Gasteiger partial charge in [-0.1, -0.05) is 30.7 Å². The van der Waals surface area contributed by atoms with Gasteiger partial charge in [0.2, 0.25) is 15.9 Å². The van der Waals surface area contributed by atoms with Gasteiger partial charge in [0, 0.05) is 19.2 Å². The van der Waals surface area contributed by atoms with E-state index < -0.39 is 33.6 Å². The van der Waals surface area contributed by atoms with Crippen LogP contribution >= 0.6 is 0 Å². The van der Waals surface area contributed by atoms with Gasteiger partial charge in [0.1, 0.15) is 6.04 Å². The maximum absolute atomic E-state index is 13.7. The van der Waals surface area contributed by atoms with Crippen LogP contribution in [0.4, 0.5) is 14.5 Å². The zero-order valence-electron chi connectivity index (χ0n) is 18.4. The topological polar surface area (TPSA) is 69.7 Å². The number of carbonyl (C=O) groups excluding carboxylic acids is 1. The molecule has 174 valence electrons. The van der Waals surface area contributed by atoms with E-state index in [1.165, 1.54) is 26.2 Å². The Morgan fingerprint density at radius 2 is 1.72 bits per heavy atom. The lowest BCUT2D eigenvalue weighted by Crippen LogP contribution is -2.47. The minimum absolute atomic E-state index is 0.112. The molecule has 1 aliphatic rings. The second-order valence-corrected chi connectivity index (χ2v) is 10.0. The van der Waals surface area contributed by atoms with E-state index in [1.807, 2.05) is 24.3 Å². The Morgan fingerprint density at radius 3 is 2.34 bits per heavy atom. The number of nitrogens with zero attached hydrogens (tertiary/aromatic N) is 2. The van der Waals surface area contributed by atoms with Gasteiger partial charge < -0.3 is 5.32 Å². The molecule has 1 atom stereocenters. The standard InChI is InChI=1S/C23H29F2N3O3S/c1-17(28(32(2,30)31)20-10-11-21(24)22(25)14-20)23(29)26-15-18-8-4-5-9-19(18)16-27-12-6-3-7-13-27/h4-5,8-11,14,17H,3,6-7,12-13,15-16H2,1-2H3,(H,26,29)/t17-/m0/s1. The molecule has 0 spiro atoms. The van der Waals surface area contributed by atoms with Gasteiger partial charge in [-0.3, -0.25) is 14.0 Å². The van der Waals surface area contributed by atoms with E-state index in [4.69, 9.17) is 0 Å². The van der Waals surface area contributed by atoms with Crippen LogP contribution in [-0.2, 0) is 27.9 Å². The van der Waals surface area contributed by atoms with Gasteiger partial charge >= 0.3 is 0 Å². The number of likely N-dealkylation sites (tertiary alicyclic amines) is 1. The average molecular weight is 466 g/mol. The average Bonchev–Trinajstić information content (AvgIpc) is 2.75. The van der Waals surface area contributed by atoms with E-state index in [2.05, 4.69) is 10.2 Å². The molecule has 1 heterocycles. The van der Waals surface area contributed by atoms with Crippen LogP contribution in [0.5, 0.6) is 0 Å². The molecule has 9 heteroatoms. The van der Waals surface area contributed by atoms with Crippen molar-refractivity contribution in [3.8, 4) is 0 Å². The summed E-state index contributed by atoms with van der Waals surface area (Å²) in [4.78, 5) is 15.2. The summed E-state index contributed by atoms with van der Waals surface area (Å²) in [5, 5.41) is 2.79. The summed E-state index contributed by atoms with van der Waals surface area (Å²) in [6.45, 7) is 4.55. The van der Waals surface area contributed by atoms with Crippen molar-refractivity contribution in [3.63, 3.8) is 0 Å². The van der Waals surface area contributed by atoms with Crippen molar-refractivity contribution in [1.29, 1.82) is 0 Å². The summed E-state index contributed by atoms with van der Waals surface area (Å²) >= 11 is 0. The zero-order valence-corrected chi connectivity index (χ0v) is 19.2. The van der Waals surface area contributed by atoms with E-state index in [-0.39, 0.29) is 12.2 Å². The summed E-state index contributed by atoms with van der Waals surface area (Å²) in [5.74, 6) is -2.81. The van der Waals surface area contributed by atoms with Gasteiger partial charge in [-0.25, -0.2) is 17.2 Å². The number of halogens is 2. The molecule has 1 fully saturated rings. The quantitative estimate of drug-likeness (QED) is 0.649. The zero-order chi connectivity index (χ0) is 23.3. The third-order valence-electron chi connectivity index (χ3n) is 5.66. The molecule has 6 nitrogen and oxygen atoms in total. The van der Waals surface area contributed by atoms with Crippen LogP contribution < -0.4 is 9.62 Å². The van der Waals surface area contributed by atoms with Crippen LogP contribution in [0.2, 0.25) is 0 Å². The molecule has 1 aliphatic heterocycles. The fraction of sp³-hybridized carbons (Fsp3) is 0.435. The predicted octanol–water partition coefficient (Wildman–Crippen LogP) is 3.42. The number of hydrogen-bond donors (Lipinski definition) is 1. The van der Waals surface area contributed by atoms with Crippen LogP contribution in [0.25, 0.3) is 0 Å². The highest BCUT2D eigenvalue weighted by Gasteiger charge is 2.29. The first-order valence-corrected chi connectivity index (χ1v) is 12.5. The number of piperidine rings is 1. The molecule has 2 aromatic carbocycles. The minimum atomic E-state index is -3.93. The Labute approximate surface area is 188 Å². The minimum Gasteiger partial charge on any atom is -0.350 e. The number of anilines is 1. The Kier molecular flexibility index (Phi) is 7.84. The third-order valence-corrected chi connectivity index (χ3v) is 6.90. The highest BCUT2D eigenvalue weighted by atomic mass is 32.2. The van der Waals surface area contributed by atoms with Crippen molar-refractivity contribution in [3.05, 3.63) is 65.2 Å². The number of nitrogens with one attached hydrogen (secondary N) is 1. The largest absolute Gasteiger partial charge is 0.350 e. The normalized spacial score (nSPS) is 15.9. The Bertz CT molecular complexity index is 1060. The molecule has 32 heavy (non-hydrogen) atoms. The van der Waals surface area contributed by atoms with Crippen molar-refractivity contribution in [2.45, 2.75) is 45.3 Å². The highest BCUT2D eigenvalue weighted by molar-refractivity contribution is 7.92. The van der Waals surface area contributed by atoms with Crippen LogP contribution in [-0.4, -0.2) is 44.6 Å². The summed E-state index contributed by atoms with van der Waals surface area (Å²) < 4.78 is 52.5. The number of sulfonamides is 1. The number of amides is 1. The number of rotatable bonds is 8. The van der Waals surface area contributed by atoms with Crippen molar-refractivity contribution in [2.24, 2.45) is 0 Å². The molecule has 2 aromatic rings. The lowest BCUT2D eigenvalue weighted by Gasteiger charge is -2.29. The van der Waals surface area contributed by atoms with Gasteiger partial charge in [-0.15, -0.1) is 0 Å². The van der Waals surface area contributed by atoms with Gasteiger partial charge in [0.25, 0.3) is 0 Å². The first-order chi connectivity index (χ1) is 15.2. The van der Waals surface area contributed by atoms with E-state index in [1.54, 1.807) is 0 Å². The van der Waals surface area contributed by atoms with E-state index in [0.717, 1.165) is 59.5 Å². The molecule has 1 saturated heterocycles. The van der Waals surface area contributed by atoms with Gasteiger partial charge in [0.15, 0.2) is 11.6 Å². The second-order valence-electron chi connectivity index (χ2n) is 8.16. The Hall–Kier alpha value is -2.52. The van der Waals surface area contributed by atoms with Crippen molar-refractivity contribution in [2.75, 3.05) is 23.7 Å². The second kappa shape index (κ2) is 10.4. The molecule has 0 aromatic heterocycles. The summed E-state index contributed by atoms with van der Waals surface area (Å²) in [6, 6.07) is 9.42. The fourth-order valence-electron chi connectivity index (χ4n) is 4.00. The van der Waals surface area contributed by atoms with Crippen LogP contribution in [0.15, 0.2) is 42.5 Å². The summed E-state index contributed by atoms with van der Waals surface area (Å²) in [5.41, 5.74) is 1.96. The molecule has 0 radical (unpaired) electrons. The number of hydrogen-bond acceptors (Lipinski definition) is 4. The Morgan fingerprint density at radius 1 is 1.06 bits per heavy atom. The van der Waals surface area contributed by atoms with Gasteiger partial charge in [-0.2, -0.15) is 0 Å². The van der Waals surface area contributed by atoms with Crippen LogP contribution in [0, 0.1) is 11.6 Å². The van der Waals surface area contributed by atoms with Gasteiger partial charge in [-0.05, 0) is 56.1 Å². The molecule has 0 bridgehead atoms. The summed E-state index contributed by atoms with van der Waals surface area (Å²) in [6.07, 6.45) is 4.54. The first-order valence-electron chi connectivity index (χ1n) is 10.7. The van der Waals surface area contributed by atoms with E-state index in [0.29, 0.717) is 0 Å². The Balaban J connectivity index is 1.72. The molecule has 1 N–H and O–H groups in total.